The summed E-state index contributed by atoms with van der Waals surface area (Å²) in [7, 11) is 0. The lowest BCUT2D eigenvalue weighted by atomic mass is 9.49. The predicted octanol–water partition coefficient (Wildman–Crippen LogP) is 17.7. The Bertz CT molecular complexity index is 3220. The summed E-state index contributed by atoms with van der Waals surface area (Å²) in [5.74, 6) is 0. The van der Waals surface area contributed by atoms with Gasteiger partial charge in [0, 0.05) is 39.5 Å². The first-order chi connectivity index (χ1) is 30.2. The fourth-order valence-electron chi connectivity index (χ4n) is 11.6. The lowest BCUT2D eigenvalue weighted by Gasteiger charge is -2.54. The van der Waals surface area contributed by atoms with Crippen LogP contribution < -0.4 is 9.80 Å². The summed E-state index contributed by atoms with van der Waals surface area (Å²) in [6.07, 6.45) is 0. The summed E-state index contributed by atoms with van der Waals surface area (Å²) in [6.45, 7) is 23.7. The molecule has 0 bridgehead atoms. The molecular weight excluding hydrogens is 761 g/mol. The molecule has 0 atom stereocenters. The standard InChI is InChI=1S/C61H58N2/c1-39-25-28-46(35-41(39)3)62(44-19-13-11-14-20-44)48-30-33-50-43(37-48)27-32-54-56-52-24-18-17-23-51(52)55-38-49(63(45-21-15-12-16-22-45)47-29-26-40(2)42(4)36-47)31-34-53(55)58(56)61(57(50)54,59(5,6)7)60(8,9)10/h11-38H,1-10H3. The summed E-state index contributed by atoms with van der Waals surface area (Å²) in [5, 5.41) is 7.79. The number of benzene rings is 9. The van der Waals surface area contributed by atoms with Crippen molar-refractivity contribution in [3.05, 3.63) is 203 Å². The zero-order valence-electron chi connectivity index (χ0n) is 38.6. The smallest absolute Gasteiger partial charge is 0.0468 e. The second-order valence-electron chi connectivity index (χ2n) is 20.0. The maximum Gasteiger partial charge on any atom is 0.0468 e. The Balaban J connectivity index is 1.26. The van der Waals surface area contributed by atoms with Gasteiger partial charge in [-0.3, -0.25) is 0 Å². The van der Waals surface area contributed by atoms with E-state index in [1.54, 1.807) is 0 Å². The van der Waals surface area contributed by atoms with Crippen LogP contribution in [0.25, 0.3) is 43.4 Å². The molecule has 2 nitrogen and oxygen atoms in total. The van der Waals surface area contributed by atoms with E-state index in [0.717, 1.165) is 34.1 Å². The molecule has 0 saturated carbocycles. The minimum Gasteiger partial charge on any atom is -0.310 e. The van der Waals surface area contributed by atoms with Gasteiger partial charge in [0.2, 0.25) is 0 Å². The van der Waals surface area contributed by atoms with Gasteiger partial charge in [-0.05, 0) is 188 Å². The Morgan fingerprint density at radius 1 is 0.333 bits per heavy atom. The summed E-state index contributed by atoms with van der Waals surface area (Å²) < 4.78 is 0. The third-order valence-electron chi connectivity index (χ3n) is 14.3. The van der Waals surface area contributed by atoms with Crippen LogP contribution in [-0.4, -0.2) is 0 Å². The maximum absolute atomic E-state index is 2.48. The van der Waals surface area contributed by atoms with Crippen LogP contribution in [0.4, 0.5) is 34.1 Å². The van der Waals surface area contributed by atoms with Crippen molar-refractivity contribution in [1.82, 2.24) is 0 Å². The van der Waals surface area contributed by atoms with Crippen molar-refractivity contribution in [1.29, 1.82) is 0 Å². The van der Waals surface area contributed by atoms with E-state index in [2.05, 4.69) is 249 Å². The van der Waals surface area contributed by atoms with Crippen LogP contribution in [0.3, 0.4) is 0 Å². The van der Waals surface area contributed by atoms with Gasteiger partial charge in [-0.25, -0.2) is 0 Å². The van der Waals surface area contributed by atoms with Gasteiger partial charge >= 0.3 is 0 Å². The van der Waals surface area contributed by atoms with E-state index in [1.165, 1.54) is 76.8 Å². The average molecular weight is 819 g/mol. The second-order valence-corrected chi connectivity index (χ2v) is 20.0. The molecule has 0 spiro atoms. The molecule has 9 aromatic rings. The van der Waals surface area contributed by atoms with Crippen LogP contribution in [0.5, 0.6) is 0 Å². The van der Waals surface area contributed by atoms with E-state index in [9.17, 15) is 0 Å². The van der Waals surface area contributed by atoms with Crippen LogP contribution in [0.2, 0.25) is 0 Å². The van der Waals surface area contributed by atoms with Gasteiger partial charge in [0.1, 0.15) is 0 Å². The van der Waals surface area contributed by atoms with E-state index < -0.39 is 0 Å². The molecule has 0 heterocycles. The predicted molar refractivity (Wildman–Crippen MR) is 272 cm³/mol. The Hall–Kier alpha value is -6.64. The van der Waals surface area contributed by atoms with Crippen molar-refractivity contribution in [2.24, 2.45) is 10.8 Å². The second kappa shape index (κ2) is 14.7. The molecule has 0 aromatic heterocycles. The van der Waals surface area contributed by atoms with Crippen molar-refractivity contribution < 1.29 is 0 Å². The summed E-state index contributed by atoms with van der Waals surface area (Å²) >= 11 is 0. The molecule has 63 heavy (non-hydrogen) atoms. The number of fused-ring (bicyclic) bond motifs is 10. The zero-order valence-corrected chi connectivity index (χ0v) is 38.6. The van der Waals surface area contributed by atoms with Crippen LogP contribution in [0.1, 0.15) is 74.9 Å². The summed E-state index contributed by atoms with van der Waals surface area (Å²) in [4.78, 5) is 4.83. The van der Waals surface area contributed by atoms with Crippen LogP contribution in [0, 0.1) is 38.5 Å². The largest absolute Gasteiger partial charge is 0.310 e. The molecule has 312 valence electrons. The highest BCUT2D eigenvalue weighted by molar-refractivity contribution is 6.20. The molecular formula is C61H58N2. The molecule has 0 saturated heterocycles. The number of hydrogen-bond donors (Lipinski definition) is 0. The van der Waals surface area contributed by atoms with Crippen LogP contribution in [-0.2, 0) is 5.41 Å². The lowest BCUT2D eigenvalue weighted by molar-refractivity contribution is 0.0977. The molecule has 0 fully saturated rings. The highest BCUT2D eigenvalue weighted by Crippen LogP contribution is 2.68. The molecule has 0 unspecified atom stereocenters. The van der Waals surface area contributed by atoms with Crippen molar-refractivity contribution >= 4 is 66.4 Å². The molecule has 0 N–H and O–H groups in total. The first kappa shape index (κ1) is 40.4. The SMILES string of the molecule is Cc1ccc(N(c2ccccc2)c2ccc3c4c(ccc3c2)-c2c(c3ccc(N(c5ccccc5)c5ccc(C)c(C)c5)cc3c3ccccc23)C4(C(C)(C)C)C(C)(C)C)cc1C. The highest BCUT2D eigenvalue weighted by atomic mass is 15.1. The first-order valence-electron chi connectivity index (χ1n) is 22.6. The molecule has 1 aliphatic carbocycles. The van der Waals surface area contributed by atoms with Gasteiger partial charge in [0.05, 0.1) is 0 Å². The van der Waals surface area contributed by atoms with Gasteiger partial charge in [-0.2, -0.15) is 0 Å². The minimum absolute atomic E-state index is 0.169. The number of rotatable bonds is 6. The molecule has 0 amide bonds. The van der Waals surface area contributed by atoms with E-state index in [4.69, 9.17) is 0 Å². The van der Waals surface area contributed by atoms with Crippen molar-refractivity contribution in [3.63, 3.8) is 0 Å². The number of para-hydroxylation sites is 2. The lowest BCUT2D eigenvalue weighted by Crippen LogP contribution is -2.50. The Morgan fingerprint density at radius 3 is 1.32 bits per heavy atom. The molecule has 9 aromatic carbocycles. The number of anilines is 6. The average Bonchev–Trinajstić information content (AvgIpc) is 3.61. The zero-order chi connectivity index (χ0) is 44.0. The van der Waals surface area contributed by atoms with E-state index >= 15 is 0 Å². The highest BCUT2D eigenvalue weighted by Gasteiger charge is 2.59. The first-order valence-corrected chi connectivity index (χ1v) is 22.6. The van der Waals surface area contributed by atoms with Crippen molar-refractivity contribution in [2.45, 2.75) is 74.7 Å². The fraction of sp³-hybridized carbons (Fsp3) is 0.213. The molecule has 0 radical (unpaired) electrons. The van der Waals surface area contributed by atoms with Crippen LogP contribution in [0.15, 0.2) is 170 Å². The summed E-state index contributed by atoms with van der Waals surface area (Å²) in [5.41, 5.74) is 17.0. The molecule has 10 rings (SSSR count). The maximum atomic E-state index is 2.48. The van der Waals surface area contributed by atoms with E-state index in [1.807, 2.05) is 0 Å². The van der Waals surface area contributed by atoms with Gasteiger partial charge in [-0.1, -0.05) is 139 Å². The normalized spacial score (nSPS) is 13.4. The van der Waals surface area contributed by atoms with Gasteiger partial charge in [-0.15, -0.1) is 0 Å². The van der Waals surface area contributed by atoms with Gasteiger partial charge < -0.3 is 9.80 Å². The monoisotopic (exact) mass is 818 g/mol. The Kier molecular flexibility index (Phi) is 9.46. The third kappa shape index (κ3) is 6.21. The number of aryl methyl sites for hydroxylation is 4. The number of nitrogens with zero attached hydrogens (tertiary/aromatic N) is 2. The Labute approximate surface area is 374 Å². The van der Waals surface area contributed by atoms with Gasteiger partial charge in [0.25, 0.3) is 0 Å². The van der Waals surface area contributed by atoms with Crippen molar-refractivity contribution in [2.75, 3.05) is 9.80 Å². The molecule has 0 aliphatic heterocycles. The van der Waals surface area contributed by atoms with E-state index in [0.29, 0.717) is 0 Å². The van der Waals surface area contributed by atoms with E-state index in [-0.39, 0.29) is 16.2 Å². The minimum atomic E-state index is -0.365. The van der Waals surface area contributed by atoms with Crippen molar-refractivity contribution in [3.8, 4) is 11.1 Å². The number of hydrogen-bond acceptors (Lipinski definition) is 2. The molecule has 2 heteroatoms. The van der Waals surface area contributed by atoms with Gasteiger partial charge in [0.15, 0.2) is 0 Å². The third-order valence-corrected chi connectivity index (χ3v) is 14.3. The topological polar surface area (TPSA) is 6.48 Å². The fourth-order valence-corrected chi connectivity index (χ4v) is 11.6. The molecule has 1 aliphatic rings. The summed E-state index contributed by atoms with van der Waals surface area (Å²) in [6, 6.07) is 63.8. The quantitative estimate of drug-likeness (QED) is 0.154. The Morgan fingerprint density at radius 2 is 0.794 bits per heavy atom. The van der Waals surface area contributed by atoms with Crippen LogP contribution >= 0.6 is 0 Å².